The molecule has 0 amide bonds. The Labute approximate surface area is 145 Å². The van der Waals surface area contributed by atoms with E-state index in [9.17, 15) is 9.59 Å². The third-order valence-corrected chi connectivity index (χ3v) is 4.57. The number of para-hydroxylation sites is 2. The van der Waals surface area contributed by atoms with Crippen molar-refractivity contribution in [3.05, 3.63) is 77.9 Å². The molecule has 1 heterocycles. The van der Waals surface area contributed by atoms with Crippen molar-refractivity contribution in [2.24, 2.45) is 0 Å². The van der Waals surface area contributed by atoms with Crippen molar-refractivity contribution in [1.82, 2.24) is 4.57 Å². The molecule has 0 saturated heterocycles. The maximum absolute atomic E-state index is 12.4. The van der Waals surface area contributed by atoms with E-state index in [2.05, 4.69) is 4.57 Å². The summed E-state index contributed by atoms with van der Waals surface area (Å²) in [6.07, 6.45) is 0. The monoisotopic (exact) mass is 327 g/mol. The van der Waals surface area contributed by atoms with Crippen LogP contribution in [0.1, 0.15) is 34.6 Å². The molecule has 4 rings (SSSR count). The highest BCUT2D eigenvalue weighted by Gasteiger charge is 2.19. The summed E-state index contributed by atoms with van der Waals surface area (Å²) in [5.74, 6) is -0.0889. The molecule has 3 heteroatoms. The molecule has 122 valence electrons. The van der Waals surface area contributed by atoms with Gasteiger partial charge in [-0.05, 0) is 44.2 Å². The first kappa shape index (κ1) is 15.3. The van der Waals surface area contributed by atoms with Gasteiger partial charge in [0.15, 0.2) is 11.6 Å². The van der Waals surface area contributed by atoms with Gasteiger partial charge < -0.3 is 4.57 Å². The minimum absolute atomic E-state index is 0.0408. The molecule has 0 fully saturated rings. The Kier molecular flexibility index (Phi) is 3.50. The molecule has 0 unspecified atom stereocenters. The van der Waals surface area contributed by atoms with Crippen molar-refractivity contribution in [2.45, 2.75) is 13.8 Å². The van der Waals surface area contributed by atoms with Gasteiger partial charge in [-0.15, -0.1) is 0 Å². The molecule has 1 aromatic heterocycles. The summed E-state index contributed by atoms with van der Waals surface area (Å²) < 4.78 is 2.10. The van der Waals surface area contributed by atoms with Gasteiger partial charge in [0.05, 0.1) is 11.0 Å². The number of fused-ring (bicyclic) bond motifs is 3. The second kappa shape index (κ2) is 5.71. The van der Waals surface area contributed by atoms with Crippen LogP contribution in [-0.2, 0) is 0 Å². The number of rotatable bonds is 3. The largest absolute Gasteiger partial charge is 0.309 e. The van der Waals surface area contributed by atoms with Crippen LogP contribution in [0.15, 0.2) is 66.7 Å². The quantitative estimate of drug-likeness (QED) is 0.486. The smallest absolute Gasteiger partial charge is 0.161 e. The number of carbonyl (C=O) groups is 2. The predicted molar refractivity (Wildman–Crippen MR) is 101 cm³/mol. The SMILES string of the molecule is CC(=O)c1cc(C(C)=O)c2c(c1)c1ccccc1n2-c1ccccc1. The second-order valence-electron chi connectivity index (χ2n) is 6.22. The topological polar surface area (TPSA) is 39.1 Å². The summed E-state index contributed by atoms with van der Waals surface area (Å²) in [6.45, 7) is 3.08. The number of aromatic nitrogens is 1. The molecule has 3 nitrogen and oxygen atoms in total. The van der Waals surface area contributed by atoms with Crippen LogP contribution in [0.3, 0.4) is 0 Å². The first-order valence-electron chi connectivity index (χ1n) is 8.22. The van der Waals surface area contributed by atoms with E-state index in [0.717, 1.165) is 27.5 Å². The summed E-state index contributed by atoms with van der Waals surface area (Å²) >= 11 is 0. The Morgan fingerprint density at radius 3 is 2.12 bits per heavy atom. The van der Waals surface area contributed by atoms with Gasteiger partial charge in [0, 0.05) is 27.6 Å². The van der Waals surface area contributed by atoms with Crippen molar-refractivity contribution in [3.8, 4) is 5.69 Å². The molecule has 0 aliphatic carbocycles. The van der Waals surface area contributed by atoms with Crippen LogP contribution in [-0.4, -0.2) is 16.1 Å². The molecule has 0 aliphatic rings. The molecule has 0 N–H and O–H groups in total. The van der Waals surface area contributed by atoms with Crippen molar-refractivity contribution in [1.29, 1.82) is 0 Å². The lowest BCUT2D eigenvalue weighted by molar-refractivity contribution is 0.101. The average Bonchev–Trinajstić information content (AvgIpc) is 2.96. The Morgan fingerprint density at radius 2 is 1.44 bits per heavy atom. The van der Waals surface area contributed by atoms with E-state index in [0.29, 0.717) is 11.1 Å². The third kappa shape index (κ3) is 2.36. The Balaban J connectivity index is 2.27. The summed E-state index contributed by atoms with van der Waals surface area (Å²) in [5.41, 5.74) is 4.00. The van der Waals surface area contributed by atoms with Gasteiger partial charge in [0.1, 0.15) is 0 Å². The van der Waals surface area contributed by atoms with Gasteiger partial charge >= 0.3 is 0 Å². The fourth-order valence-corrected chi connectivity index (χ4v) is 3.41. The molecule has 4 aromatic rings. The molecule has 3 aromatic carbocycles. The van der Waals surface area contributed by atoms with Crippen LogP contribution in [0.2, 0.25) is 0 Å². The highest BCUT2D eigenvalue weighted by atomic mass is 16.1. The standard InChI is InChI=1S/C22H17NO2/c1-14(24)16-12-19(15(2)25)22-20(13-16)18-10-6-7-11-21(18)23(22)17-8-4-3-5-9-17/h3-13H,1-2H3. The van der Waals surface area contributed by atoms with Crippen molar-refractivity contribution >= 4 is 33.4 Å². The molecule has 25 heavy (non-hydrogen) atoms. The lowest BCUT2D eigenvalue weighted by Crippen LogP contribution is -2.03. The molecule has 0 bridgehead atoms. The number of ketones is 2. The normalized spacial score (nSPS) is 11.1. The van der Waals surface area contributed by atoms with Gasteiger partial charge in [-0.3, -0.25) is 9.59 Å². The van der Waals surface area contributed by atoms with E-state index in [1.807, 2.05) is 60.7 Å². The zero-order chi connectivity index (χ0) is 17.6. The number of carbonyl (C=O) groups excluding carboxylic acids is 2. The zero-order valence-electron chi connectivity index (χ0n) is 14.1. The molecular weight excluding hydrogens is 310 g/mol. The maximum Gasteiger partial charge on any atom is 0.161 e. The fourth-order valence-electron chi connectivity index (χ4n) is 3.41. The van der Waals surface area contributed by atoms with Crippen LogP contribution in [0.25, 0.3) is 27.5 Å². The summed E-state index contributed by atoms with van der Waals surface area (Å²) in [7, 11) is 0. The number of benzene rings is 3. The molecular formula is C22H17NO2. The minimum atomic E-state index is -0.0481. The molecule has 0 saturated carbocycles. The van der Waals surface area contributed by atoms with Gasteiger partial charge in [0.25, 0.3) is 0 Å². The van der Waals surface area contributed by atoms with E-state index in [1.54, 1.807) is 13.0 Å². The van der Waals surface area contributed by atoms with E-state index in [1.165, 1.54) is 6.92 Å². The van der Waals surface area contributed by atoms with Crippen molar-refractivity contribution in [3.63, 3.8) is 0 Å². The first-order valence-corrected chi connectivity index (χ1v) is 8.22. The minimum Gasteiger partial charge on any atom is -0.309 e. The summed E-state index contributed by atoms with van der Waals surface area (Å²) in [5, 5.41) is 1.96. The average molecular weight is 327 g/mol. The number of hydrogen-bond donors (Lipinski definition) is 0. The number of Topliss-reactive ketones (excluding diaryl/α,β-unsaturated/α-hetero) is 2. The Hall–Kier alpha value is -3.20. The summed E-state index contributed by atoms with van der Waals surface area (Å²) in [4.78, 5) is 24.3. The van der Waals surface area contributed by atoms with E-state index in [-0.39, 0.29) is 11.6 Å². The lowest BCUT2D eigenvalue weighted by Gasteiger charge is -2.10. The number of nitrogens with zero attached hydrogens (tertiary/aromatic N) is 1. The van der Waals surface area contributed by atoms with Crippen LogP contribution in [0.4, 0.5) is 0 Å². The number of hydrogen-bond acceptors (Lipinski definition) is 2. The fraction of sp³-hybridized carbons (Fsp3) is 0.0909. The highest BCUT2D eigenvalue weighted by Crippen LogP contribution is 2.35. The van der Waals surface area contributed by atoms with Gasteiger partial charge in [-0.1, -0.05) is 36.4 Å². The zero-order valence-corrected chi connectivity index (χ0v) is 14.1. The predicted octanol–water partition coefficient (Wildman–Crippen LogP) is 5.19. The molecule has 0 radical (unpaired) electrons. The summed E-state index contributed by atoms with van der Waals surface area (Å²) in [6, 6.07) is 21.6. The van der Waals surface area contributed by atoms with Crippen molar-refractivity contribution < 1.29 is 9.59 Å². The van der Waals surface area contributed by atoms with Crippen LogP contribution in [0, 0.1) is 0 Å². The van der Waals surface area contributed by atoms with E-state index in [4.69, 9.17) is 0 Å². The van der Waals surface area contributed by atoms with Crippen LogP contribution < -0.4 is 0 Å². The van der Waals surface area contributed by atoms with Gasteiger partial charge in [-0.2, -0.15) is 0 Å². The molecule has 0 atom stereocenters. The lowest BCUT2D eigenvalue weighted by atomic mass is 10.0. The van der Waals surface area contributed by atoms with Gasteiger partial charge in [0.2, 0.25) is 0 Å². The van der Waals surface area contributed by atoms with Crippen LogP contribution >= 0.6 is 0 Å². The Morgan fingerprint density at radius 1 is 0.760 bits per heavy atom. The third-order valence-electron chi connectivity index (χ3n) is 4.57. The Bertz CT molecular complexity index is 1140. The molecule has 0 spiro atoms. The van der Waals surface area contributed by atoms with E-state index >= 15 is 0 Å². The van der Waals surface area contributed by atoms with Crippen molar-refractivity contribution in [2.75, 3.05) is 0 Å². The molecule has 0 aliphatic heterocycles. The first-order chi connectivity index (χ1) is 12.1. The van der Waals surface area contributed by atoms with E-state index < -0.39 is 0 Å². The second-order valence-corrected chi connectivity index (χ2v) is 6.22. The maximum atomic E-state index is 12.4. The highest BCUT2D eigenvalue weighted by molar-refractivity contribution is 6.18. The van der Waals surface area contributed by atoms with Gasteiger partial charge in [-0.25, -0.2) is 0 Å². The van der Waals surface area contributed by atoms with Crippen LogP contribution in [0.5, 0.6) is 0 Å².